The van der Waals surface area contributed by atoms with Crippen LogP contribution in [-0.2, 0) is 16.0 Å². The molecule has 0 aliphatic carbocycles. The molecule has 4 nitrogen and oxygen atoms in total. The normalized spacial score (nSPS) is 20.4. The Morgan fingerprint density at radius 1 is 1.50 bits per heavy atom. The van der Waals surface area contributed by atoms with Crippen molar-refractivity contribution in [3.63, 3.8) is 0 Å². The van der Waals surface area contributed by atoms with Gasteiger partial charge in [-0.2, -0.15) is 0 Å². The van der Waals surface area contributed by atoms with Crippen LogP contribution in [-0.4, -0.2) is 37.7 Å². The van der Waals surface area contributed by atoms with Gasteiger partial charge in [-0.3, -0.25) is 4.79 Å². The molecule has 20 heavy (non-hydrogen) atoms. The molecule has 2 rings (SSSR count). The smallest absolute Gasteiger partial charge is 0.239 e. The van der Waals surface area contributed by atoms with Crippen LogP contribution >= 0.6 is 0 Å². The summed E-state index contributed by atoms with van der Waals surface area (Å²) < 4.78 is 5.31. The molecule has 0 saturated carbocycles. The molecule has 0 spiro atoms. The van der Waals surface area contributed by atoms with E-state index in [1.165, 1.54) is 16.7 Å². The van der Waals surface area contributed by atoms with E-state index in [9.17, 15) is 4.79 Å². The predicted molar refractivity (Wildman–Crippen MR) is 79.8 cm³/mol. The number of carbonyl (C=O) groups excluding carboxylic acids is 1. The first-order valence-corrected chi connectivity index (χ1v) is 7.24. The van der Waals surface area contributed by atoms with Crippen molar-refractivity contribution in [3.8, 4) is 0 Å². The monoisotopic (exact) mass is 276 g/mol. The number of hydrogen-bond acceptors (Lipinski definition) is 3. The van der Waals surface area contributed by atoms with E-state index in [0.29, 0.717) is 13.2 Å². The van der Waals surface area contributed by atoms with Gasteiger partial charge in [0.2, 0.25) is 5.91 Å². The highest BCUT2D eigenvalue weighted by Gasteiger charge is 2.22. The third kappa shape index (κ3) is 4.05. The number of amides is 1. The topological polar surface area (TPSA) is 50.4 Å². The zero-order valence-corrected chi connectivity index (χ0v) is 12.5. The van der Waals surface area contributed by atoms with Crippen molar-refractivity contribution < 1.29 is 9.53 Å². The van der Waals surface area contributed by atoms with Gasteiger partial charge in [0.05, 0.1) is 13.2 Å². The summed E-state index contributed by atoms with van der Waals surface area (Å²) in [7, 11) is 0. The Kier molecular flexibility index (Phi) is 5.15. The van der Waals surface area contributed by atoms with Crippen LogP contribution < -0.4 is 10.6 Å². The van der Waals surface area contributed by atoms with E-state index in [4.69, 9.17) is 4.74 Å². The van der Waals surface area contributed by atoms with E-state index >= 15 is 0 Å². The number of ether oxygens (including phenoxy) is 1. The minimum atomic E-state index is -0.217. The number of carbonyl (C=O) groups is 1. The minimum absolute atomic E-state index is 0.0296. The van der Waals surface area contributed by atoms with E-state index in [1.54, 1.807) is 0 Å². The Morgan fingerprint density at radius 2 is 2.30 bits per heavy atom. The minimum Gasteiger partial charge on any atom is -0.378 e. The summed E-state index contributed by atoms with van der Waals surface area (Å²) in [4.78, 5) is 12.1. The molecule has 1 aromatic rings. The first-order valence-electron chi connectivity index (χ1n) is 7.24. The van der Waals surface area contributed by atoms with Crippen molar-refractivity contribution in [2.75, 3.05) is 19.8 Å². The summed E-state index contributed by atoms with van der Waals surface area (Å²) in [5.74, 6) is 0.0296. The summed E-state index contributed by atoms with van der Waals surface area (Å²) >= 11 is 0. The van der Waals surface area contributed by atoms with Crippen molar-refractivity contribution in [2.24, 2.45) is 0 Å². The highest BCUT2D eigenvalue weighted by Crippen LogP contribution is 2.12. The van der Waals surface area contributed by atoms with Crippen molar-refractivity contribution in [2.45, 2.75) is 39.3 Å². The standard InChI is InChI=1S/C16H24N2O2/c1-11-4-5-14(12(2)8-11)9-13(3)18-16(19)15-10-20-7-6-17-15/h4-5,8,13,15,17H,6-7,9-10H2,1-3H3,(H,18,19). The van der Waals surface area contributed by atoms with Crippen molar-refractivity contribution >= 4 is 5.91 Å². The maximum atomic E-state index is 12.1. The Morgan fingerprint density at radius 3 is 2.95 bits per heavy atom. The molecule has 2 N–H and O–H groups in total. The lowest BCUT2D eigenvalue weighted by molar-refractivity contribution is -0.126. The molecule has 1 aliphatic heterocycles. The van der Waals surface area contributed by atoms with Gasteiger partial charge in [-0.1, -0.05) is 23.8 Å². The van der Waals surface area contributed by atoms with Gasteiger partial charge in [-0.25, -0.2) is 0 Å². The Bertz CT molecular complexity index is 468. The molecular formula is C16H24N2O2. The lowest BCUT2D eigenvalue weighted by atomic mass is 10.00. The first kappa shape index (κ1) is 15.0. The predicted octanol–water partition coefficient (Wildman–Crippen LogP) is 1.34. The van der Waals surface area contributed by atoms with Gasteiger partial charge in [0.15, 0.2) is 0 Å². The fourth-order valence-corrected chi connectivity index (χ4v) is 2.53. The molecule has 1 fully saturated rings. The summed E-state index contributed by atoms with van der Waals surface area (Å²) in [6, 6.07) is 6.35. The molecule has 0 bridgehead atoms. The average molecular weight is 276 g/mol. The molecule has 2 unspecified atom stereocenters. The first-order chi connectivity index (χ1) is 9.56. The SMILES string of the molecule is Cc1ccc(CC(C)NC(=O)C2COCCN2)c(C)c1. The van der Waals surface area contributed by atoms with Gasteiger partial charge in [0, 0.05) is 12.6 Å². The van der Waals surface area contributed by atoms with Gasteiger partial charge in [0.25, 0.3) is 0 Å². The van der Waals surface area contributed by atoms with Crippen molar-refractivity contribution in [1.29, 1.82) is 0 Å². The second-order valence-corrected chi connectivity index (χ2v) is 5.63. The van der Waals surface area contributed by atoms with Gasteiger partial charge in [-0.05, 0) is 38.3 Å². The number of hydrogen-bond donors (Lipinski definition) is 2. The van der Waals surface area contributed by atoms with E-state index in [0.717, 1.165) is 13.0 Å². The second kappa shape index (κ2) is 6.86. The fourth-order valence-electron chi connectivity index (χ4n) is 2.53. The number of rotatable bonds is 4. The second-order valence-electron chi connectivity index (χ2n) is 5.63. The molecule has 1 amide bonds. The van der Waals surface area contributed by atoms with Crippen molar-refractivity contribution in [3.05, 3.63) is 34.9 Å². The highest BCUT2D eigenvalue weighted by atomic mass is 16.5. The van der Waals surface area contributed by atoms with Gasteiger partial charge < -0.3 is 15.4 Å². The maximum absolute atomic E-state index is 12.1. The van der Waals surface area contributed by atoms with Crippen LogP contribution in [0.1, 0.15) is 23.6 Å². The molecule has 0 aromatic heterocycles. The highest BCUT2D eigenvalue weighted by molar-refractivity contribution is 5.82. The van der Waals surface area contributed by atoms with Crippen LogP contribution in [0.2, 0.25) is 0 Å². The zero-order valence-electron chi connectivity index (χ0n) is 12.5. The van der Waals surface area contributed by atoms with E-state index in [1.807, 2.05) is 6.92 Å². The molecular weight excluding hydrogens is 252 g/mol. The van der Waals surface area contributed by atoms with E-state index in [2.05, 4.69) is 42.7 Å². The molecule has 1 aliphatic rings. The van der Waals surface area contributed by atoms with Crippen molar-refractivity contribution in [1.82, 2.24) is 10.6 Å². The lowest BCUT2D eigenvalue weighted by Gasteiger charge is -2.25. The van der Waals surface area contributed by atoms with Gasteiger partial charge in [0.1, 0.15) is 6.04 Å². The summed E-state index contributed by atoms with van der Waals surface area (Å²) in [6.45, 7) is 8.14. The van der Waals surface area contributed by atoms with Gasteiger partial charge in [-0.15, -0.1) is 0 Å². The van der Waals surface area contributed by atoms with Crippen LogP contribution in [0.5, 0.6) is 0 Å². The summed E-state index contributed by atoms with van der Waals surface area (Å²) in [5.41, 5.74) is 3.84. The molecule has 1 saturated heterocycles. The van der Waals surface area contributed by atoms with Crippen LogP contribution in [0, 0.1) is 13.8 Å². The average Bonchev–Trinajstić information content (AvgIpc) is 2.43. The maximum Gasteiger partial charge on any atom is 0.239 e. The van der Waals surface area contributed by atoms with Crippen LogP contribution in [0.15, 0.2) is 18.2 Å². The lowest BCUT2D eigenvalue weighted by Crippen LogP contribution is -2.53. The van der Waals surface area contributed by atoms with Crippen LogP contribution in [0.4, 0.5) is 0 Å². The molecule has 0 radical (unpaired) electrons. The van der Waals surface area contributed by atoms with E-state index < -0.39 is 0 Å². The third-order valence-electron chi connectivity index (χ3n) is 3.65. The summed E-state index contributed by atoms with van der Waals surface area (Å²) in [6.07, 6.45) is 0.853. The van der Waals surface area contributed by atoms with Gasteiger partial charge >= 0.3 is 0 Å². The van der Waals surface area contributed by atoms with Crippen LogP contribution in [0.25, 0.3) is 0 Å². The number of aryl methyl sites for hydroxylation is 2. The molecule has 1 aromatic carbocycles. The van der Waals surface area contributed by atoms with Crippen LogP contribution in [0.3, 0.4) is 0 Å². The number of nitrogens with one attached hydrogen (secondary N) is 2. The zero-order chi connectivity index (χ0) is 14.5. The number of morpholine rings is 1. The molecule has 2 atom stereocenters. The number of benzene rings is 1. The Hall–Kier alpha value is -1.39. The Balaban J connectivity index is 1.88. The fraction of sp³-hybridized carbons (Fsp3) is 0.562. The summed E-state index contributed by atoms with van der Waals surface area (Å²) in [5, 5.41) is 6.23. The van der Waals surface area contributed by atoms with E-state index in [-0.39, 0.29) is 18.0 Å². The quantitative estimate of drug-likeness (QED) is 0.872. The largest absolute Gasteiger partial charge is 0.378 e. The Labute approximate surface area is 120 Å². The molecule has 1 heterocycles. The molecule has 4 heteroatoms. The molecule has 110 valence electrons. The third-order valence-corrected chi connectivity index (χ3v) is 3.65.